The van der Waals surface area contributed by atoms with E-state index in [9.17, 15) is 4.39 Å². The van der Waals surface area contributed by atoms with Gasteiger partial charge in [-0.1, -0.05) is 42.5 Å². The van der Waals surface area contributed by atoms with E-state index in [1.54, 1.807) is 32.4 Å². The maximum absolute atomic E-state index is 13.8. The highest BCUT2D eigenvalue weighted by molar-refractivity contribution is 5.91. The molecule has 0 aliphatic carbocycles. The molecule has 3 aromatic carbocycles. The van der Waals surface area contributed by atoms with E-state index in [0.29, 0.717) is 40.7 Å². The van der Waals surface area contributed by atoms with Gasteiger partial charge in [-0.2, -0.15) is 4.98 Å². The minimum absolute atomic E-state index is 0.180. The molecule has 0 spiro atoms. The highest BCUT2D eigenvalue weighted by Gasteiger charge is 2.38. The Labute approximate surface area is 223 Å². The van der Waals surface area contributed by atoms with Crippen LogP contribution in [-0.2, 0) is 12.0 Å². The van der Waals surface area contributed by atoms with Crippen LogP contribution in [0.15, 0.2) is 66.7 Å². The second-order valence-corrected chi connectivity index (χ2v) is 10.0. The lowest BCUT2D eigenvalue weighted by atomic mass is 9.72. The number of hydrogen-bond acceptors (Lipinski definition) is 7. The number of nitrogens with two attached hydrogens (primary N) is 1. The summed E-state index contributed by atoms with van der Waals surface area (Å²) < 4.78 is 24.7. The van der Waals surface area contributed by atoms with Crippen molar-refractivity contribution in [3.63, 3.8) is 0 Å². The molecule has 2 N–H and O–H groups in total. The number of methoxy groups -OCH3 is 2. The summed E-state index contributed by atoms with van der Waals surface area (Å²) in [7, 11) is 5.17. The van der Waals surface area contributed by atoms with Crippen LogP contribution in [0.25, 0.3) is 10.9 Å². The molecule has 1 aliphatic heterocycles. The number of ether oxygens (including phenoxy) is 2. The number of anilines is 2. The summed E-state index contributed by atoms with van der Waals surface area (Å²) in [5.41, 5.74) is 9.32. The van der Waals surface area contributed by atoms with Crippen molar-refractivity contribution in [1.29, 1.82) is 0 Å². The molecule has 0 bridgehead atoms. The number of nitrogen functional groups attached to an aromatic ring is 1. The maximum atomic E-state index is 13.8. The zero-order valence-electron chi connectivity index (χ0n) is 22.2. The van der Waals surface area contributed by atoms with E-state index in [4.69, 9.17) is 20.2 Å². The Morgan fingerprint density at radius 3 is 2.26 bits per heavy atom. The second-order valence-electron chi connectivity index (χ2n) is 10.0. The van der Waals surface area contributed by atoms with Gasteiger partial charge >= 0.3 is 0 Å². The predicted octanol–water partition coefficient (Wildman–Crippen LogP) is 5.04. The van der Waals surface area contributed by atoms with Gasteiger partial charge in [-0.25, -0.2) is 9.37 Å². The number of nitrogens with zero attached hydrogens (tertiary/aromatic N) is 4. The Balaban J connectivity index is 1.42. The Morgan fingerprint density at radius 2 is 1.61 bits per heavy atom. The van der Waals surface area contributed by atoms with E-state index in [0.717, 1.165) is 38.0 Å². The molecule has 0 radical (unpaired) electrons. The van der Waals surface area contributed by atoms with E-state index in [1.807, 2.05) is 31.3 Å². The summed E-state index contributed by atoms with van der Waals surface area (Å²) in [5, 5.41) is 0.710. The van der Waals surface area contributed by atoms with Gasteiger partial charge in [-0.05, 0) is 55.3 Å². The average molecular weight is 516 g/mol. The number of benzene rings is 3. The lowest BCUT2D eigenvalue weighted by Gasteiger charge is -2.44. The molecule has 2 heterocycles. The summed E-state index contributed by atoms with van der Waals surface area (Å²) in [6.07, 6.45) is 1.87. The van der Waals surface area contributed by atoms with Crippen LogP contribution in [0.2, 0.25) is 0 Å². The summed E-state index contributed by atoms with van der Waals surface area (Å²) in [4.78, 5) is 14.0. The number of hydrogen-bond donors (Lipinski definition) is 1. The minimum atomic E-state index is -0.228. The standard InChI is InChI=1S/C30H34FN5O2/c1-35(29-33-25-18-27(38-3)26(37-2)17-24(25)28(32)34-29)20-30(22-9-11-23(31)12-10-22)13-15-36(16-14-30)19-21-7-5-4-6-8-21/h4-12,17-18H,13-16,19-20H2,1-3H3,(H2,32,33,34). The van der Waals surface area contributed by atoms with Gasteiger partial charge < -0.3 is 20.1 Å². The van der Waals surface area contributed by atoms with Gasteiger partial charge in [0.15, 0.2) is 11.5 Å². The Hall–Kier alpha value is -3.91. The normalized spacial score (nSPS) is 15.4. The van der Waals surface area contributed by atoms with Crippen molar-refractivity contribution in [2.45, 2.75) is 24.8 Å². The number of piperidine rings is 1. The van der Waals surface area contributed by atoms with Crippen molar-refractivity contribution in [3.05, 3.63) is 83.7 Å². The fourth-order valence-corrected chi connectivity index (χ4v) is 5.48. The number of rotatable bonds is 8. The molecule has 8 heteroatoms. The van der Waals surface area contributed by atoms with Crippen molar-refractivity contribution in [2.75, 3.05) is 51.5 Å². The molecule has 38 heavy (non-hydrogen) atoms. The van der Waals surface area contributed by atoms with Gasteiger partial charge in [0.2, 0.25) is 5.95 Å². The first kappa shape index (κ1) is 25.7. The third-order valence-corrected chi connectivity index (χ3v) is 7.62. The molecule has 198 valence electrons. The van der Waals surface area contributed by atoms with Crippen molar-refractivity contribution in [1.82, 2.24) is 14.9 Å². The van der Waals surface area contributed by atoms with E-state index >= 15 is 0 Å². The van der Waals surface area contributed by atoms with E-state index < -0.39 is 0 Å². The predicted molar refractivity (Wildman–Crippen MR) is 149 cm³/mol. The fraction of sp³-hybridized carbons (Fsp3) is 0.333. The molecule has 1 aromatic heterocycles. The number of likely N-dealkylation sites (tertiary alicyclic amines) is 1. The Morgan fingerprint density at radius 1 is 0.947 bits per heavy atom. The van der Waals surface area contributed by atoms with Crippen LogP contribution < -0.4 is 20.1 Å². The van der Waals surface area contributed by atoms with Gasteiger partial charge in [0.05, 0.1) is 19.7 Å². The largest absolute Gasteiger partial charge is 0.493 e. The van der Waals surface area contributed by atoms with Crippen LogP contribution >= 0.6 is 0 Å². The van der Waals surface area contributed by atoms with Crippen LogP contribution in [0.4, 0.5) is 16.2 Å². The first-order valence-corrected chi connectivity index (χ1v) is 12.8. The summed E-state index contributed by atoms with van der Waals surface area (Å²) in [6, 6.07) is 21.1. The van der Waals surface area contributed by atoms with Crippen molar-refractivity contribution in [2.24, 2.45) is 0 Å². The molecule has 0 unspecified atom stereocenters. The molecule has 1 fully saturated rings. The third kappa shape index (κ3) is 5.22. The highest BCUT2D eigenvalue weighted by atomic mass is 19.1. The Kier molecular flexibility index (Phi) is 7.33. The fourth-order valence-electron chi connectivity index (χ4n) is 5.48. The minimum Gasteiger partial charge on any atom is -0.493 e. The molecule has 0 amide bonds. The summed E-state index contributed by atoms with van der Waals surface area (Å²) in [6.45, 7) is 3.48. The topological polar surface area (TPSA) is 76.7 Å². The molecule has 4 aromatic rings. The van der Waals surface area contributed by atoms with Gasteiger partial charge in [0.25, 0.3) is 0 Å². The number of aromatic nitrogens is 2. The highest BCUT2D eigenvalue weighted by Crippen LogP contribution is 2.38. The number of fused-ring (bicyclic) bond motifs is 1. The SMILES string of the molecule is COc1cc2nc(N(C)CC3(c4ccc(F)cc4)CCN(Cc4ccccc4)CC3)nc(N)c2cc1OC. The number of likely N-dealkylation sites (N-methyl/N-ethyl adjacent to an activating group) is 1. The van der Waals surface area contributed by atoms with Crippen LogP contribution in [0.3, 0.4) is 0 Å². The molecule has 5 rings (SSSR count). The average Bonchev–Trinajstić information content (AvgIpc) is 2.94. The first-order chi connectivity index (χ1) is 18.4. The van der Waals surface area contributed by atoms with Crippen LogP contribution in [0.5, 0.6) is 11.5 Å². The third-order valence-electron chi connectivity index (χ3n) is 7.62. The first-order valence-electron chi connectivity index (χ1n) is 12.8. The van der Waals surface area contributed by atoms with E-state index in [-0.39, 0.29) is 11.2 Å². The molecule has 1 aliphatic rings. The van der Waals surface area contributed by atoms with Crippen LogP contribution in [0, 0.1) is 5.82 Å². The maximum Gasteiger partial charge on any atom is 0.227 e. The van der Waals surface area contributed by atoms with E-state index in [2.05, 4.69) is 39.0 Å². The van der Waals surface area contributed by atoms with Gasteiger partial charge in [-0.15, -0.1) is 0 Å². The van der Waals surface area contributed by atoms with Crippen molar-refractivity contribution in [3.8, 4) is 11.5 Å². The van der Waals surface area contributed by atoms with Gasteiger partial charge in [0, 0.05) is 37.0 Å². The molecule has 7 nitrogen and oxygen atoms in total. The molecule has 1 saturated heterocycles. The Bertz CT molecular complexity index is 1390. The molecular formula is C30H34FN5O2. The van der Waals surface area contributed by atoms with Gasteiger partial charge in [-0.3, -0.25) is 4.90 Å². The zero-order chi connectivity index (χ0) is 26.7. The van der Waals surface area contributed by atoms with Crippen molar-refractivity contribution >= 4 is 22.7 Å². The van der Waals surface area contributed by atoms with Crippen LogP contribution in [0.1, 0.15) is 24.0 Å². The monoisotopic (exact) mass is 515 g/mol. The number of halogens is 1. The van der Waals surface area contributed by atoms with Crippen molar-refractivity contribution < 1.29 is 13.9 Å². The smallest absolute Gasteiger partial charge is 0.227 e. The van der Waals surface area contributed by atoms with E-state index in [1.165, 1.54) is 5.56 Å². The molecular weight excluding hydrogens is 481 g/mol. The molecule has 0 atom stereocenters. The zero-order valence-corrected chi connectivity index (χ0v) is 22.2. The lowest BCUT2D eigenvalue weighted by molar-refractivity contribution is 0.155. The summed E-state index contributed by atoms with van der Waals surface area (Å²) >= 11 is 0. The second kappa shape index (κ2) is 10.8. The quantitative estimate of drug-likeness (QED) is 0.352. The summed E-state index contributed by atoms with van der Waals surface area (Å²) in [5.74, 6) is 1.85. The molecule has 0 saturated carbocycles. The van der Waals surface area contributed by atoms with Gasteiger partial charge in [0.1, 0.15) is 11.6 Å². The van der Waals surface area contributed by atoms with Crippen LogP contribution in [-0.4, -0.2) is 55.8 Å². The lowest BCUT2D eigenvalue weighted by Crippen LogP contribution is -2.48.